The van der Waals surface area contributed by atoms with Crippen molar-refractivity contribution >= 4 is 34.1 Å². The average Bonchev–Trinajstić information content (AvgIpc) is 2.82. The minimum absolute atomic E-state index is 0.126. The summed E-state index contributed by atoms with van der Waals surface area (Å²) >= 11 is 5.96. The number of fused-ring (bicyclic) bond motifs is 1. The third-order valence-electron chi connectivity index (χ3n) is 3.93. The normalized spacial score (nSPS) is 17.3. The first-order valence-corrected chi connectivity index (χ1v) is 7.76. The van der Waals surface area contributed by atoms with Crippen LogP contribution in [0.4, 0.5) is 5.69 Å². The summed E-state index contributed by atoms with van der Waals surface area (Å²) in [6.45, 7) is 3.79. The van der Waals surface area contributed by atoms with Crippen LogP contribution in [0.2, 0.25) is 5.02 Å². The number of nitrogens with one attached hydrogen (secondary N) is 1. The van der Waals surface area contributed by atoms with Gasteiger partial charge in [-0.1, -0.05) is 11.6 Å². The highest BCUT2D eigenvalue weighted by Gasteiger charge is 2.17. The summed E-state index contributed by atoms with van der Waals surface area (Å²) in [5.41, 5.74) is 0.918. The molecule has 0 bridgehead atoms. The first-order valence-electron chi connectivity index (χ1n) is 7.38. The summed E-state index contributed by atoms with van der Waals surface area (Å²) < 4.78 is 0. The summed E-state index contributed by atoms with van der Waals surface area (Å²) in [5, 5.41) is 18.7. The van der Waals surface area contributed by atoms with Gasteiger partial charge in [-0.3, -0.25) is 9.69 Å². The number of nitrogens with zero attached hydrogens (tertiary/aromatic N) is 4. The van der Waals surface area contributed by atoms with E-state index in [2.05, 4.69) is 27.2 Å². The van der Waals surface area contributed by atoms with E-state index in [0.717, 1.165) is 26.2 Å². The first-order chi connectivity index (χ1) is 11.0. The van der Waals surface area contributed by atoms with Crippen molar-refractivity contribution in [3.63, 3.8) is 0 Å². The van der Waals surface area contributed by atoms with Crippen LogP contribution in [0.15, 0.2) is 28.4 Å². The van der Waals surface area contributed by atoms with E-state index in [0.29, 0.717) is 15.9 Å². The van der Waals surface area contributed by atoms with Crippen molar-refractivity contribution in [3.8, 4) is 5.88 Å². The zero-order chi connectivity index (χ0) is 16.4. The van der Waals surface area contributed by atoms with Crippen molar-refractivity contribution < 1.29 is 9.90 Å². The highest BCUT2D eigenvalue weighted by Crippen LogP contribution is 2.36. The van der Waals surface area contributed by atoms with Crippen molar-refractivity contribution in [2.45, 2.75) is 0 Å². The Morgan fingerprint density at radius 3 is 2.83 bits per heavy atom. The summed E-state index contributed by atoms with van der Waals surface area (Å²) in [6, 6.07) is 5.12. The Labute approximate surface area is 138 Å². The van der Waals surface area contributed by atoms with Crippen LogP contribution < -0.4 is 0 Å². The largest absolute Gasteiger partial charge is 0.493 e. The average molecular weight is 336 g/mol. The molecule has 1 amide bonds. The molecule has 1 aliphatic heterocycles. The zero-order valence-corrected chi connectivity index (χ0v) is 13.5. The molecule has 1 aliphatic rings. The number of aromatic amines is 1. The Morgan fingerprint density at radius 2 is 2.09 bits per heavy atom. The molecule has 0 saturated carbocycles. The third-order valence-corrected chi connectivity index (χ3v) is 4.17. The van der Waals surface area contributed by atoms with Crippen LogP contribution >= 0.6 is 11.6 Å². The fourth-order valence-corrected chi connectivity index (χ4v) is 2.74. The number of piperazine rings is 1. The number of aromatic hydroxyl groups is 1. The maximum absolute atomic E-state index is 12.0. The van der Waals surface area contributed by atoms with Gasteiger partial charge in [0.2, 0.25) is 5.88 Å². The number of rotatable bonds is 3. The highest BCUT2D eigenvalue weighted by molar-refractivity contribution is 6.31. The Kier molecular flexibility index (Phi) is 4.61. The molecular formula is C15H18ClN5O2. The topological polar surface area (TPSA) is 84.3 Å². The second-order valence-corrected chi connectivity index (χ2v) is 6.12. The van der Waals surface area contributed by atoms with Crippen molar-refractivity contribution in [3.05, 3.63) is 23.2 Å². The van der Waals surface area contributed by atoms with Crippen LogP contribution in [-0.2, 0) is 4.79 Å². The SMILES string of the molecule is CN1CCN(CC(=O)N=Nc2c(O)[nH]c3ccc(Cl)cc23)CC1. The number of H-pyrrole nitrogens is 1. The van der Waals surface area contributed by atoms with E-state index in [9.17, 15) is 9.90 Å². The van der Waals surface area contributed by atoms with E-state index in [1.54, 1.807) is 18.2 Å². The lowest BCUT2D eigenvalue weighted by Gasteiger charge is -2.31. The van der Waals surface area contributed by atoms with Crippen LogP contribution in [0, 0.1) is 0 Å². The Morgan fingerprint density at radius 1 is 1.35 bits per heavy atom. The van der Waals surface area contributed by atoms with Gasteiger partial charge in [0, 0.05) is 36.6 Å². The van der Waals surface area contributed by atoms with Crippen molar-refractivity contribution in [2.75, 3.05) is 39.8 Å². The molecule has 0 spiro atoms. The molecule has 0 aliphatic carbocycles. The minimum Gasteiger partial charge on any atom is -0.493 e. The number of halogens is 1. The van der Waals surface area contributed by atoms with Crippen LogP contribution in [0.1, 0.15) is 0 Å². The van der Waals surface area contributed by atoms with E-state index in [1.807, 2.05) is 4.90 Å². The van der Waals surface area contributed by atoms with Crippen molar-refractivity contribution in [2.24, 2.45) is 10.2 Å². The van der Waals surface area contributed by atoms with Gasteiger partial charge in [0.1, 0.15) is 0 Å². The summed E-state index contributed by atoms with van der Waals surface area (Å²) in [5.74, 6) is -0.455. The smallest absolute Gasteiger partial charge is 0.278 e. The van der Waals surface area contributed by atoms with Gasteiger partial charge in [-0.15, -0.1) is 10.2 Å². The summed E-state index contributed by atoms with van der Waals surface area (Å²) in [7, 11) is 2.06. The molecule has 122 valence electrons. The second kappa shape index (κ2) is 6.66. The van der Waals surface area contributed by atoms with Crippen LogP contribution in [-0.4, -0.2) is 65.6 Å². The number of azo groups is 1. The highest BCUT2D eigenvalue weighted by atomic mass is 35.5. The minimum atomic E-state index is -0.328. The van der Waals surface area contributed by atoms with Crippen molar-refractivity contribution in [1.29, 1.82) is 0 Å². The van der Waals surface area contributed by atoms with Crippen LogP contribution in [0.3, 0.4) is 0 Å². The Bertz CT molecular complexity index is 750. The van der Waals surface area contributed by atoms with Gasteiger partial charge in [-0.2, -0.15) is 0 Å². The molecule has 8 heteroatoms. The number of amides is 1. The van der Waals surface area contributed by atoms with E-state index >= 15 is 0 Å². The molecule has 2 N–H and O–H groups in total. The lowest BCUT2D eigenvalue weighted by Crippen LogP contribution is -2.46. The predicted octanol–water partition coefficient (Wildman–Crippen LogP) is 2.38. The number of aromatic nitrogens is 1. The molecular weight excluding hydrogens is 318 g/mol. The number of likely N-dealkylation sites (N-methyl/N-ethyl adjacent to an activating group) is 1. The molecule has 7 nitrogen and oxygen atoms in total. The molecule has 1 saturated heterocycles. The van der Waals surface area contributed by atoms with E-state index < -0.39 is 0 Å². The monoisotopic (exact) mass is 335 g/mol. The van der Waals surface area contributed by atoms with E-state index in [1.165, 1.54) is 0 Å². The van der Waals surface area contributed by atoms with E-state index in [4.69, 9.17) is 11.6 Å². The van der Waals surface area contributed by atoms with Gasteiger partial charge in [0.05, 0.1) is 12.1 Å². The number of hydrogen-bond acceptors (Lipinski definition) is 5. The Balaban J connectivity index is 1.71. The van der Waals surface area contributed by atoms with Gasteiger partial charge in [-0.25, -0.2) is 0 Å². The number of benzene rings is 1. The lowest BCUT2D eigenvalue weighted by molar-refractivity contribution is -0.119. The second-order valence-electron chi connectivity index (χ2n) is 5.69. The standard InChI is InChI=1S/C15H18ClN5O2/c1-20-4-6-21(7-5-20)9-13(22)18-19-14-11-8-10(16)2-3-12(11)17-15(14)23/h2-3,8,17,23H,4-7,9H2,1H3. The molecule has 0 atom stereocenters. The van der Waals surface area contributed by atoms with Gasteiger partial charge >= 0.3 is 0 Å². The number of carbonyl (C=O) groups excluding carboxylic acids is 1. The maximum Gasteiger partial charge on any atom is 0.278 e. The Hall–Kier alpha value is -1.96. The van der Waals surface area contributed by atoms with Gasteiger partial charge in [-0.05, 0) is 25.2 Å². The molecule has 2 aromatic rings. The fourth-order valence-electron chi connectivity index (χ4n) is 2.57. The predicted molar refractivity (Wildman–Crippen MR) is 88.4 cm³/mol. The van der Waals surface area contributed by atoms with Gasteiger partial charge in [0.25, 0.3) is 5.91 Å². The fraction of sp³-hybridized carbons (Fsp3) is 0.400. The molecule has 2 heterocycles. The quantitative estimate of drug-likeness (QED) is 0.843. The molecule has 0 unspecified atom stereocenters. The van der Waals surface area contributed by atoms with Crippen molar-refractivity contribution in [1.82, 2.24) is 14.8 Å². The zero-order valence-electron chi connectivity index (χ0n) is 12.8. The summed E-state index contributed by atoms with van der Waals surface area (Å²) in [6.07, 6.45) is 0. The molecule has 1 aromatic carbocycles. The third kappa shape index (κ3) is 3.69. The lowest BCUT2D eigenvalue weighted by atomic mass is 10.2. The summed E-state index contributed by atoms with van der Waals surface area (Å²) in [4.78, 5) is 19.0. The van der Waals surface area contributed by atoms with Crippen LogP contribution in [0.25, 0.3) is 10.9 Å². The molecule has 3 rings (SSSR count). The number of carbonyl (C=O) groups is 1. The maximum atomic E-state index is 12.0. The molecule has 23 heavy (non-hydrogen) atoms. The number of hydrogen-bond donors (Lipinski definition) is 2. The molecule has 1 aromatic heterocycles. The van der Waals surface area contributed by atoms with Gasteiger partial charge in [0.15, 0.2) is 5.69 Å². The van der Waals surface area contributed by atoms with Gasteiger partial charge < -0.3 is 15.0 Å². The van der Waals surface area contributed by atoms with E-state index in [-0.39, 0.29) is 24.0 Å². The first kappa shape index (κ1) is 15.9. The molecule has 0 radical (unpaired) electrons. The van der Waals surface area contributed by atoms with Crippen LogP contribution in [0.5, 0.6) is 5.88 Å². The molecule has 1 fully saturated rings.